The van der Waals surface area contributed by atoms with Gasteiger partial charge in [-0.3, -0.25) is 4.79 Å². The second kappa shape index (κ2) is 8.44. The summed E-state index contributed by atoms with van der Waals surface area (Å²) in [6, 6.07) is 24.1. The molecule has 0 unspecified atom stereocenters. The van der Waals surface area contributed by atoms with E-state index in [1.165, 1.54) is 0 Å². The highest BCUT2D eigenvalue weighted by Gasteiger charge is 2.07. The molecule has 0 aliphatic carbocycles. The fraction of sp³-hybridized carbons (Fsp3) is 0.125. The van der Waals surface area contributed by atoms with Crippen LogP contribution in [0.25, 0.3) is 22.2 Å². The summed E-state index contributed by atoms with van der Waals surface area (Å²) in [7, 11) is 0. The van der Waals surface area contributed by atoms with Crippen molar-refractivity contribution in [1.29, 1.82) is 0 Å². The first-order chi connectivity index (χ1) is 13.8. The van der Waals surface area contributed by atoms with Crippen LogP contribution >= 0.6 is 0 Å². The summed E-state index contributed by atoms with van der Waals surface area (Å²) >= 11 is 0. The Kier molecular flexibility index (Phi) is 5.38. The van der Waals surface area contributed by atoms with Gasteiger partial charge in [0.05, 0.1) is 6.42 Å². The fourth-order valence-electron chi connectivity index (χ4n) is 3.25. The number of carbonyl (C=O) groups excluding carboxylic acids is 1. The zero-order valence-corrected chi connectivity index (χ0v) is 15.5. The van der Waals surface area contributed by atoms with Gasteiger partial charge in [-0.1, -0.05) is 72.8 Å². The quantitative estimate of drug-likeness (QED) is 0.556. The number of amides is 1. The number of hydrogen-bond acceptors (Lipinski definition) is 3. The number of nitrogens with zero attached hydrogens (tertiary/aromatic N) is 2. The molecule has 1 aromatic heterocycles. The van der Waals surface area contributed by atoms with E-state index in [4.69, 9.17) is 0 Å². The summed E-state index contributed by atoms with van der Waals surface area (Å²) in [6.45, 7) is 0.567. The van der Waals surface area contributed by atoms with Crippen LogP contribution in [0.15, 0.2) is 85.2 Å². The van der Waals surface area contributed by atoms with Crippen LogP contribution in [0.2, 0.25) is 0 Å². The Labute approximate surface area is 164 Å². The number of hydrogen-bond donors (Lipinski definition) is 1. The molecule has 0 atom stereocenters. The van der Waals surface area contributed by atoms with Gasteiger partial charge in [0.2, 0.25) is 5.91 Å². The minimum atomic E-state index is 0.0261. The van der Waals surface area contributed by atoms with Crippen LogP contribution in [0.4, 0.5) is 0 Å². The molecule has 0 bridgehead atoms. The SMILES string of the molecule is O=C(Cc1cccc2ccccc12)NCCc1cnc(-c2ccccc2)nc1. The van der Waals surface area contributed by atoms with Gasteiger partial charge in [-0.25, -0.2) is 9.97 Å². The lowest BCUT2D eigenvalue weighted by atomic mass is 10.0. The lowest BCUT2D eigenvalue weighted by Gasteiger charge is -2.08. The van der Waals surface area contributed by atoms with Crippen molar-refractivity contribution in [2.75, 3.05) is 6.54 Å². The molecule has 0 fully saturated rings. The van der Waals surface area contributed by atoms with E-state index < -0.39 is 0 Å². The molecule has 0 aliphatic heterocycles. The first-order valence-corrected chi connectivity index (χ1v) is 9.39. The molecule has 0 radical (unpaired) electrons. The molecule has 0 saturated heterocycles. The molecule has 4 nitrogen and oxygen atoms in total. The van der Waals surface area contributed by atoms with E-state index in [1.807, 2.05) is 67.0 Å². The minimum Gasteiger partial charge on any atom is -0.355 e. The standard InChI is InChI=1S/C24H21N3O/c28-23(15-21-11-6-10-19-7-4-5-12-22(19)21)25-14-13-18-16-26-24(27-17-18)20-8-2-1-3-9-20/h1-12,16-17H,13-15H2,(H,25,28). The van der Waals surface area contributed by atoms with Gasteiger partial charge in [-0.05, 0) is 28.3 Å². The minimum absolute atomic E-state index is 0.0261. The first kappa shape index (κ1) is 17.9. The van der Waals surface area contributed by atoms with Gasteiger partial charge < -0.3 is 5.32 Å². The van der Waals surface area contributed by atoms with Crippen molar-refractivity contribution < 1.29 is 4.79 Å². The van der Waals surface area contributed by atoms with E-state index in [-0.39, 0.29) is 5.91 Å². The van der Waals surface area contributed by atoms with E-state index in [9.17, 15) is 4.79 Å². The highest BCUT2D eigenvalue weighted by Crippen LogP contribution is 2.19. The van der Waals surface area contributed by atoms with E-state index in [2.05, 4.69) is 33.5 Å². The maximum atomic E-state index is 12.3. The van der Waals surface area contributed by atoms with Gasteiger partial charge in [0.25, 0.3) is 0 Å². The molecule has 4 heteroatoms. The predicted octanol–water partition coefficient (Wildman–Crippen LogP) is 4.20. The Bertz CT molecular complexity index is 1070. The molecular weight excluding hydrogens is 346 g/mol. The average Bonchev–Trinajstić information content (AvgIpc) is 2.75. The third-order valence-electron chi connectivity index (χ3n) is 4.70. The molecule has 138 valence electrons. The van der Waals surface area contributed by atoms with Crippen molar-refractivity contribution >= 4 is 16.7 Å². The molecule has 4 aromatic rings. The average molecular weight is 367 g/mol. The van der Waals surface area contributed by atoms with Gasteiger partial charge in [-0.15, -0.1) is 0 Å². The van der Waals surface area contributed by atoms with E-state index >= 15 is 0 Å². The number of aromatic nitrogens is 2. The third-order valence-corrected chi connectivity index (χ3v) is 4.70. The summed E-state index contributed by atoms with van der Waals surface area (Å²) in [6.07, 6.45) is 4.74. The van der Waals surface area contributed by atoms with E-state index in [0.29, 0.717) is 25.2 Å². The normalized spacial score (nSPS) is 10.7. The number of rotatable bonds is 6. The van der Waals surface area contributed by atoms with Crippen LogP contribution in [-0.4, -0.2) is 22.4 Å². The number of nitrogens with one attached hydrogen (secondary N) is 1. The first-order valence-electron chi connectivity index (χ1n) is 9.39. The molecule has 4 rings (SSSR count). The van der Waals surface area contributed by atoms with Crippen molar-refractivity contribution in [3.05, 3.63) is 96.3 Å². The lowest BCUT2D eigenvalue weighted by molar-refractivity contribution is -0.120. The summed E-state index contributed by atoms with van der Waals surface area (Å²) in [5.41, 5.74) is 3.05. The van der Waals surface area contributed by atoms with Crippen LogP contribution in [0.5, 0.6) is 0 Å². The third kappa shape index (κ3) is 4.23. The second-order valence-electron chi connectivity index (χ2n) is 6.70. The van der Waals surface area contributed by atoms with Gasteiger partial charge in [0.1, 0.15) is 0 Å². The van der Waals surface area contributed by atoms with Crippen LogP contribution in [-0.2, 0) is 17.6 Å². The summed E-state index contributed by atoms with van der Waals surface area (Å²) in [4.78, 5) is 21.2. The molecule has 0 aliphatic rings. The molecule has 1 heterocycles. The van der Waals surface area contributed by atoms with Crippen LogP contribution in [0, 0.1) is 0 Å². The zero-order chi connectivity index (χ0) is 19.2. The molecular formula is C24H21N3O. The molecule has 1 amide bonds. The zero-order valence-electron chi connectivity index (χ0n) is 15.5. The smallest absolute Gasteiger partial charge is 0.224 e. The molecule has 0 saturated carbocycles. The monoisotopic (exact) mass is 367 g/mol. The Hall–Kier alpha value is -3.53. The number of fused-ring (bicyclic) bond motifs is 1. The predicted molar refractivity (Wildman–Crippen MR) is 112 cm³/mol. The van der Waals surface area contributed by atoms with Crippen molar-refractivity contribution in [1.82, 2.24) is 15.3 Å². The fourth-order valence-corrected chi connectivity index (χ4v) is 3.25. The summed E-state index contributed by atoms with van der Waals surface area (Å²) < 4.78 is 0. The molecule has 1 N–H and O–H groups in total. The highest BCUT2D eigenvalue weighted by molar-refractivity contribution is 5.90. The Balaban J connectivity index is 1.32. The Morgan fingerprint density at radius 3 is 2.36 bits per heavy atom. The number of benzene rings is 3. The maximum Gasteiger partial charge on any atom is 0.224 e. The summed E-state index contributed by atoms with van der Waals surface area (Å²) in [5, 5.41) is 5.28. The second-order valence-corrected chi connectivity index (χ2v) is 6.70. The van der Waals surface area contributed by atoms with Crippen molar-refractivity contribution in [2.24, 2.45) is 0 Å². The van der Waals surface area contributed by atoms with Gasteiger partial charge in [0.15, 0.2) is 5.82 Å². The molecule has 0 spiro atoms. The Morgan fingerprint density at radius 1 is 0.821 bits per heavy atom. The van der Waals surface area contributed by atoms with Gasteiger partial charge >= 0.3 is 0 Å². The summed E-state index contributed by atoms with van der Waals surface area (Å²) in [5.74, 6) is 0.738. The highest BCUT2D eigenvalue weighted by atomic mass is 16.1. The lowest BCUT2D eigenvalue weighted by Crippen LogP contribution is -2.27. The van der Waals surface area contributed by atoms with Crippen LogP contribution in [0.1, 0.15) is 11.1 Å². The Morgan fingerprint density at radius 2 is 1.54 bits per heavy atom. The van der Waals surface area contributed by atoms with Crippen LogP contribution < -0.4 is 5.32 Å². The van der Waals surface area contributed by atoms with E-state index in [1.54, 1.807) is 0 Å². The van der Waals surface area contributed by atoms with Gasteiger partial charge in [0, 0.05) is 24.5 Å². The molecule has 3 aromatic carbocycles. The van der Waals surface area contributed by atoms with E-state index in [0.717, 1.165) is 27.5 Å². The van der Waals surface area contributed by atoms with Crippen molar-refractivity contribution in [3.8, 4) is 11.4 Å². The van der Waals surface area contributed by atoms with Crippen molar-refractivity contribution in [3.63, 3.8) is 0 Å². The maximum absolute atomic E-state index is 12.3. The van der Waals surface area contributed by atoms with Crippen LogP contribution in [0.3, 0.4) is 0 Å². The molecule has 28 heavy (non-hydrogen) atoms. The number of carbonyl (C=O) groups is 1. The van der Waals surface area contributed by atoms with Crippen molar-refractivity contribution in [2.45, 2.75) is 12.8 Å². The topological polar surface area (TPSA) is 54.9 Å². The largest absolute Gasteiger partial charge is 0.355 e. The van der Waals surface area contributed by atoms with Gasteiger partial charge in [-0.2, -0.15) is 0 Å².